The van der Waals surface area contributed by atoms with Crippen LogP contribution in [-0.4, -0.2) is 27.2 Å². The lowest BCUT2D eigenvalue weighted by atomic mass is 10.0. The van der Waals surface area contributed by atoms with Crippen molar-refractivity contribution < 1.29 is 0 Å². The van der Waals surface area contributed by atoms with Gasteiger partial charge in [0.2, 0.25) is 0 Å². The van der Waals surface area contributed by atoms with Crippen LogP contribution in [0.4, 0.5) is 5.69 Å². The van der Waals surface area contributed by atoms with E-state index in [1.54, 1.807) is 0 Å². The molecule has 0 saturated heterocycles. The summed E-state index contributed by atoms with van der Waals surface area (Å²) >= 11 is 0. The summed E-state index contributed by atoms with van der Waals surface area (Å²) in [5, 5.41) is 3.27. The maximum Gasteiger partial charge on any atom is 0.0367 e. The van der Waals surface area contributed by atoms with Crippen molar-refractivity contribution in [2.45, 2.75) is 19.4 Å². The van der Waals surface area contributed by atoms with Gasteiger partial charge in [0.25, 0.3) is 0 Å². The minimum absolute atomic E-state index is 0.512. The van der Waals surface area contributed by atoms with Gasteiger partial charge in [-0.05, 0) is 49.2 Å². The van der Waals surface area contributed by atoms with Gasteiger partial charge in [-0.1, -0.05) is 36.4 Å². The van der Waals surface area contributed by atoms with Crippen molar-refractivity contribution in [3.63, 3.8) is 0 Å². The van der Waals surface area contributed by atoms with Crippen molar-refractivity contribution in [1.82, 2.24) is 5.32 Å². The van der Waals surface area contributed by atoms with Crippen molar-refractivity contribution in [2.75, 3.05) is 26.0 Å². The summed E-state index contributed by atoms with van der Waals surface area (Å²) in [6.07, 6.45) is 1.06. The quantitative estimate of drug-likeness (QED) is 0.892. The number of anilines is 1. The molecule has 0 aliphatic carbocycles. The maximum absolute atomic E-state index is 3.27. The highest BCUT2D eigenvalue weighted by Gasteiger charge is 2.03. The fourth-order valence-corrected chi connectivity index (χ4v) is 2.25. The molecule has 0 aliphatic rings. The molecule has 1 unspecified atom stereocenters. The molecule has 2 aromatic rings. The topological polar surface area (TPSA) is 15.3 Å². The van der Waals surface area contributed by atoms with E-state index in [1.807, 2.05) is 7.05 Å². The summed E-state index contributed by atoms with van der Waals surface area (Å²) in [6, 6.07) is 18.0. The molecule has 2 aromatic carbocycles. The number of hydrogen-bond donors (Lipinski definition) is 1. The highest BCUT2D eigenvalue weighted by molar-refractivity contribution is 5.68. The first kappa shape index (κ1) is 14.6. The van der Waals surface area contributed by atoms with Gasteiger partial charge < -0.3 is 10.2 Å². The maximum atomic E-state index is 3.27. The summed E-state index contributed by atoms with van der Waals surface area (Å²) in [4.78, 5) is 2.13. The van der Waals surface area contributed by atoms with Gasteiger partial charge >= 0.3 is 0 Å². The van der Waals surface area contributed by atoms with Gasteiger partial charge in [0.05, 0.1) is 0 Å². The SMILES string of the molecule is CNC(C)Cc1ccc(-c2cccc(N(C)C)c2)cc1. The van der Waals surface area contributed by atoms with Crippen LogP contribution in [0.2, 0.25) is 0 Å². The van der Waals surface area contributed by atoms with E-state index in [1.165, 1.54) is 22.4 Å². The van der Waals surface area contributed by atoms with E-state index in [4.69, 9.17) is 0 Å². The van der Waals surface area contributed by atoms with Crippen molar-refractivity contribution in [3.8, 4) is 11.1 Å². The van der Waals surface area contributed by atoms with Gasteiger partial charge in [-0.25, -0.2) is 0 Å². The lowest BCUT2D eigenvalue weighted by Crippen LogP contribution is -2.23. The minimum Gasteiger partial charge on any atom is -0.378 e. The average molecular weight is 268 g/mol. The summed E-state index contributed by atoms with van der Waals surface area (Å²) in [5.74, 6) is 0. The van der Waals surface area contributed by atoms with Crippen LogP contribution in [0.5, 0.6) is 0 Å². The van der Waals surface area contributed by atoms with Gasteiger partial charge in [-0.2, -0.15) is 0 Å². The molecule has 0 amide bonds. The second-order valence-corrected chi connectivity index (χ2v) is 5.54. The largest absolute Gasteiger partial charge is 0.378 e. The first-order valence-electron chi connectivity index (χ1n) is 7.14. The predicted molar refractivity (Wildman–Crippen MR) is 88.4 cm³/mol. The predicted octanol–water partition coefficient (Wildman–Crippen LogP) is 3.57. The molecule has 1 N–H and O–H groups in total. The van der Waals surface area contributed by atoms with Gasteiger partial charge in [-0.3, -0.25) is 0 Å². The smallest absolute Gasteiger partial charge is 0.0367 e. The Morgan fingerprint density at radius 3 is 2.30 bits per heavy atom. The monoisotopic (exact) mass is 268 g/mol. The fourth-order valence-electron chi connectivity index (χ4n) is 2.25. The van der Waals surface area contributed by atoms with E-state index in [0.717, 1.165) is 6.42 Å². The van der Waals surface area contributed by atoms with Crippen LogP contribution < -0.4 is 10.2 Å². The number of rotatable bonds is 5. The molecule has 0 heterocycles. The summed E-state index contributed by atoms with van der Waals surface area (Å²) < 4.78 is 0. The highest BCUT2D eigenvalue weighted by Crippen LogP contribution is 2.24. The van der Waals surface area contributed by atoms with Crippen LogP contribution in [0, 0.1) is 0 Å². The summed E-state index contributed by atoms with van der Waals surface area (Å²) in [7, 11) is 6.15. The zero-order valence-corrected chi connectivity index (χ0v) is 12.9. The number of hydrogen-bond acceptors (Lipinski definition) is 2. The zero-order chi connectivity index (χ0) is 14.5. The lowest BCUT2D eigenvalue weighted by molar-refractivity contribution is 0.608. The van der Waals surface area contributed by atoms with Crippen LogP contribution in [0.15, 0.2) is 48.5 Å². The third-order valence-electron chi connectivity index (χ3n) is 3.68. The Kier molecular flexibility index (Phi) is 4.80. The molecule has 0 spiro atoms. The van der Waals surface area contributed by atoms with Gasteiger partial charge in [0.1, 0.15) is 0 Å². The third kappa shape index (κ3) is 3.61. The normalized spacial score (nSPS) is 12.2. The first-order valence-corrected chi connectivity index (χ1v) is 7.14. The second-order valence-electron chi connectivity index (χ2n) is 5.54. The average Bonchev–Trinajstić information content (AvgIpc) is 2.48. The molecule has 0 radical (unpaired) electrons. The molecule has 2 nitrogen and oxygen atoms in total. The molecule has 0 fully saturated rings. The number of nitrogens with zero attached hydrogens (tertiary/aromatic N) is 1. The van der Waals surface area contributed by atoms with Crippen molar-refractivity contribution in [3.05, 3.63) is 54.1 Å². The van der Waals surface area contributed by atoms with Crippen molar-refractivity contribution in [2.24, 2.45) is 0 Å². The first-order chi connectivity index (χ1) is 9.60. The minimum atomic E-state index is 0.512. The van der Waals surface area contributed by atoms with Gasteiger partial charge in [0.15, 0.2) is 0 Å². The van der Waals surface area contributed by atoms with E-state index in [2.05, 4.69) is 79.8 Å². The van der Waals surface area contributed by atoms with Crippen LogP contribution in [0.1, 0.15) is 12.5 Å². The van der Waals surface area contributed by atoms with Crippen molar-refractivity contribution in [1.29, 1.82) is 0 Å². The molecular weight excluding hydrogens is 244 g/mol. The van der Waals surface area contributed by atoms with E-state index in [-0.39, 0.29) is 0 Å². The molecule has 0 aliphatic heterocycles. The molecule has 1 atom stereocenters. The Morgan fingerprint density at radius 1 is 1.00 bits per heavy atom. The van der Waals surface area contributed by atoms with Crippen LogP contribution in [0.3, 0.4) is 0 Å². The van der Waals surface area contributed by atoms with Crippen molar-refractivity contribution >= 4 is 5.69 Å². The van der Waals surface area contributed by atoms with Crippen LogP contribution >= 0.6 is 0 Å². The lowest BCUT2D eigenvalue weighted by Gasteiger charge is -2.14. The number of benzene rings is 2. The zero-order valence-electron chi connectivity index (χ0n) is 12.9. The Balaban J connectivity index is 2.19. The molecule has 0 bridgehead atoms. The Morgan fingerprint density at radius 2 is 1.70 bits per heavy atom. The van der Waals surface area contributed by atoms with Crippen LogP contribution in [0.25, 0.3) is 11.1 Å². The van der Waals surface area contributed by atoms with E-state index < -0.39 is 0 Å². The Labute approximate surface area is 122 Å². The Hall–Kier alpha value is -1.80. The summed E-state index contributed by atoms with van der Waals surface area (Å²) in [6.45, 7) is 2.20. The molecule has 0 saturated carbocycles. The molecule has 2 heteroatoms. The standard InChI is InChI=1S/C18H24N2/c1-14(19-2)12-15-8-10-16(11-9-15)17-6-5-7-18(13-17)20(3)4/h5-11,13-14,19H,12H2,1-4H3. The van der Waals surface area contributed by atoms with E-state index >= 15 is 0 Å². The van der Waals surface area contributed by atoms with E-state index in [9.17, 15) is 0 Å². The van der Waals surface area contributed by atoms with Gasteiger partial charge in [-0.15, -0.1) is 0 Å². The Bertz CT molecular complexity index is 544. The summed E-state index contributed by atoms with van der Waals surface area (Å²) in [5.41, 5.74) is 5.15. The van der Waals surface area contributed by atoms with E-state index in [0.29, 0.717) is 6.04 Å². The highest BCUT2D eigenvalue weighted by atomic mass is 15.1. The van der Waals surface area contributed by atoms with Gasteiger partial charge in [0, 0.05) is 25.8 Å². The molecular formula is C18H24N2. The molecule has 2 rings (SSSR count). The molecule has 20 heavy (non-hydrogen) atoms. The molecule has 0 aromatic heterocycles. The molecule has 106 valence electrons. The van der Waals surface area contributed by atoms with Crippen LogP contribution in [-0.2, 0) is 6.42 Å². The fraction of sp³-hybridized carbons (Fsp3) is 0.333. The number of nitrogens with one attached hydrogen (secondary N) is 1. The second kappa shape index (κ2) is 6.58. The third-order valence-corrected chi connectivity index (χ3v) is 3.68. The number of likely N-dealkylation sites (N-methyl/N-ethyl adjacent to an activating group) is 1.